The third-order valence-corrected chi connectivity index (χ3v) is 4.22. The summed E-state index contributed by atoms with van der Waals surface area (Å²) in [5, 5.41) is 3.13. The highest BCUT2D eigenvalue weighted by molar-refractivity contribution is 9.10. The number of rotatable bonds is 2. The van der Waals surface area contributed by atoms with Crippen LogP contribution in [0.2, 0.25) is 5.02 Å². The van der Waals surface area contributed by atoms with Gasteiger partial charge in [0.15, 0.2) is 0 Å². The van der Waals surface area contributed by atoms with E-state index >= 15 is 0 Å². The summed E-state index contributed by atoms with van der Waals surface area (Å²) in [5.74, 6) is -0.791. The van der Waals surface area contributed by atoms with Gasteiger partial charge in [0, 0.05) is 15.2 Å². The smallest absolute Gasteiger partial charge is 0.256 e. The van der Waals surface area contributed by atoms with Gasteiger partial charge in [-0.15, -0.1) is 0 Å². The Morgan fingerprint density at radius 3 is 2.60 bits per heavy atom. The molecule has 0 fully saturated rings. The van der Waals surface area contributed by atoms with Gasteiger partial charge in [-0.05, 0) is 74.7 Å². The highest BCUT2D eigenvalue weighted by Crippen LogP contribution is 2.26. The number of carbonyl (C=O) groups excluding carboxylic acids is 1. The van der Waals surface area contributed by atoms with E-state index in [2.05, 4.69) is 37.2 Å². The molecule has 2 aromatic rings. The number of anilines is 1. The lowest BCUT2D eigenvalue weighted by Crippen LogP contribution is -2.13. The molecule has 2 rings (SSSR count). The first-order valence-electron chi connectivity index (χ1n) is 5.60. The Kier molecular flexibility index (Phi) is 4.83. The number of nitrogens with one attached hydrogen (secondary N) is 1. The lowest BCUT2D eigenvalue weighted by Gasteiger charge is -2.10. The van der Waals surface area contributed by atoms with Gasteiger partial charge in [0.2, 0.25) is 0 Å². The third-order valence-electron chi connectivity index (χ3n) is 2.69. The molecule has 6 heteroatoms. The van der Waals surface area contributed by atoms with Crippen LogP contribution in [-0.4, -0.2) is 5.91 Å². The molecule has 2 nitrogen and oxygen atoms in total. The van der Waals surface area contributed by atoms with Crippen molar-refractivity contribution in [3.8, 4) is 0 Å². The van der Waals surface area contributed by atoms with Crippen LogP contribution >= 0.6 is 43.5 Å². The monoisotopic (exact) mass is 419 g/mol. The molecule has 0 radical (unpaired) electrons. The molecule has 0 unspecified atom stereocenters. The molecular formula is C14H9Br2ClFNO. The molecule has 1 amide bonds. The molecule has 0 saturated carbocycles. The molecule has 0 atom stereocenters. The number of hydrogen-bond donors (Lipinski definition) is 1. The zero-order valence-electron chi connectivity index (χ0n) is 10.3. The van der Waals surface area contributed by atoms with Crippen LogP contribution in [-0.2, 0) is 0 Å². The maximum absolute atomic E-state index is 13.5. The molecule has 0 spiro atoms. The van der Waals surface area contributed by atoms with E-state index in [1.807, 2.05) is 0 Å². The van der Waals surface area contributed by atoms with Crippen molar-refractivity contribution < 1.29 is 9.18 Å². The normalized spacial score (nSPS) is 10.4. The third kappa shape index (κ3) is 3.40. The Balaban J connectivity index is 2.32. The Morgan fingerprint density at radius 1 is 1.20 bits per heavy atom. The zero-order valence-corrected chi connectivity index (χ0v) is 14.2. The number of aryl methyl sites for hydroxylation is 1. The summed E-state index contributed by atoms with van der Waals surface area (Å²) in [7, 11) is 0. The summed E-state index contributed by atoms with van der Waals surface area (Å²) in [4.78, 5) is 12.2. The van der Waals surface area contributed by atoms with Crippen molar-refractivity contribution in [2.45, 2.75) is 6.92 Å². The van der Waals surface area contributed by atoms with E-state index in [-0.39, 0.29) is 5.91 Å². The summed E-state index contributed by atoms with van der Waals surface area (Å²) >= 11 is 12.3. The van der Waals surface area contributed by atoms with E-state index in [0.29, 0.717) is 25.2 Å². The van der Waals surface area contributed by atoms with Crippen LogP contribution in [0.4, 0.5) is 10.1 Å². The Bertz CT molecular complexity index is 691. The standard InChI is InChI=1S/C14H9Br2ClFNO/c1-7-4-11(16)12(18)6-13(7)19-14(20)9-5-8(17)2-3-10(9)15/h2-6H,1H3,(H,19,20). The SMILES string of the molecule is Cc1cc(Br)c(F)cc1NC(=O)c1cc(Cl)ccc1Br. The quantitative estimate of drug-likeness (QED) is 0.675. The first kappa shape index (κ1) is 15.5. The summed E-state index contributed by atoms with van der Waals surface area (Å²) in [5.41, 5.74) is 1.56. The fraction of sp³-hybridized carbons (Fsp3) is 0.0714. The number of carbonyl (C=O) groups is 1. The average molecular weight is 421 g/mol. The van der Waals surface area contributed by atoms with Crippen LogP contribution < -0.4 is 5.32 Å². The van der Waals surface area contributed by atoms with Gasteiger partial charge in [-0.1, -0.05) is 11.6 Å². The highest BCUT2D eigenvalue weighted by Gasteiger charge is 2.13. The molecule has 104 valence electrons. The topological polar surface area (TPSA) is 29.1 Å². The van der Waals surface area contributed by atoms with Gasteiger partial charge >= 0.3 is 0 Å². The van der Waals surface area contributed by atoms with Crippen LogP contribution in [0, 0.1) is 12.7 Å². The second-order valence-corrected chi connectivity index (χ2v) is 6.30. The van der Waals surface area contributed by atoms with Crippen LogP contribution in [0.5, 0.6) is 0 Å². The van der Waals surface area contributed by atoms with Gasteiger partial charge in [0.1, 0.15) is 5.82 Å². The van der Waals surface area contributed by atoms with Crippen molar-refractivity contribution in [2.75, 3.05) is 5.32 Å². The molecule has 1 N–H and O–H groups in total. The van der Waals surface area contributed by atoms with E-state index in [0.717, 1.165) is 5.56 Å². The van der Waals surface area contributed by atoms with E-state index in [1.54, 1.807) is 31.2 Å². The van der Waals surface area contributed by atoms with Crippen LogP contribution in [0.3, 0.4) is 0 Å². The number of hydrogen-bond acceptors (Lipinski definition) is 1. The lowest BCUT2D eigenvalue weighted by molar-refractivity contribution is 0.102. The summed E-state index contributed by atoms with van der Waals surface area (Å²) in [6.07, 6.45) is 0. The van der Waals surface area contributed by atoms with E-state index in [9.17, 15) is 9.18 Å². The van der Waals surface area contributed by atoms with Crippen LogP contribution in [0.25, 0.3) is 0 Å². The molecule has 0 aromatic heterocycles. The Morgan fingerprint density at radius 2 is 1.90 bits per heavy atom. The molecule has 0 saturated heterocycles. The summed E-state index contributed by atoms with van der Waals surface area (Å²) < 4.78 is 14.5. The molecule has 0 bridgehead atoms. The van der Waals surface area contributed by atoms with Crippen molar-refractivity contribution in [1.82, 2.24) is 0 Å². The minimum atomic E-state index is -0.434. The first-order valence-corrected chi connectivity index (χ1v) is 7.57. The van der Waals surface area contributed by atoms with Gasteiger partial charge < -0.3 is 5.32 Å². The molecule has 0 heterocycles. The second kappa shape index (κ2) is 6.24. The molecular weight excluding hydrogens is 412 g/mol. The zero-order chi connectivity index (χ0) is 14.9. The molecule has 0 aliphatic carbocycles. The van der Waals surface area contributed by atoms with Crippen molar-refractivity contribution >= 4 is 55.1 Å². The first-order chi connectivity index (χ1) is 9.38. The van der Waals surface area contributed by atoms with Crippen molar-refractivity contribution in [1.29, 1.82) is 0 Å². The van der Waals surface area contributed by atoms with E-state index in [1.165, 1.54) is 6.07 Å². The Hall–Kier alpha value is -0.910. The minimum Gasteiger partial charge on any atom is -0.322 e. The predicted molar refractivity (Wildman–Crippen MR) is 85.9 cm³/mol. The van der Waals surface area contributed by atoms with E-state index in [4.69, 9.17) is 11.6 Å². The van der Waals surface area contributed by atoms with Crippen LogP contribution in [0.1, 0.15) is 15.9 Å². The van der Waals surface area contributed by atoms with Gasteiger partial charge in [-0.25, -0.2) is 4.39 Å². The van der Waals surface area contributed by atoms with Gasteiger partial charge in [-0.3, -0.25) is 4.79 Å². The summed E-state index contributed by atoms with van der Waals surface area (Å²) in [6, 6.07) is 7.79. The molecule has 2 aromatic carbocycles. The molecule has 0 aliphatic rings. The summed E-state index contributed by atoms with van der Waals surface area (Å²) in [6.45, 7) is 1.78. The van der Waals surface area contributed by atoms with Crippen molar-refractivity contribution in [3.63, 3.8) is 0 Å². The van der Waals surface area contributed by atoms with Gasteiger partial charge in [0.25, 0.3) is 5.91 Å². The van der Waals surface area contributed by atoms with Gasteiger partial charge in [0.05, 0.1) is 10.0 Å². The largest absolute Gasteiger partial charge is 0.322 e. The number of benzene rings is 2. The van der Waals surface area contributed by atoms with Crippen LogP contribution in [0.15, 0.2) is 39.3 Å². The van der Waals surface area contributed by atoms with Crippen molar-refractivity contribution in [3.05, 3.63) is 61.2 Å². The fourth-order valence-corrected chi connectivity index (χ4v) is 2.70. The highest BCUT2D eigenvalue weighted by atomic mass is 79.9. The maximum atomic E-state index is 13.5. The van der Waals surface area contributed by atoms with Crippen molar-refractivity contribution in [2.24, 2.45) is 0 Å². The average Bonchev–Trinajstić information content (AvgIpc) is 2.38. The molecule has 0 aliphatic heterocycles. The number of halogens is 4. The second-order valence-electron chi connectivity index (χ2n) is 4.16. The molecule has 20 heavy (non-hydrogen) atoms. The lowest BCUT2D eigenvalue weighted by atomic mass is 10.1. The van der Waals surface area contributed by atoms with Gasteiger partial charge in [-0.2, -0.15) is 0 Å². The predicted octanol–water partition coefficient (Wildman–Crippen LogP) is 5.56. The maximum Gasteiger partial charge on any atom is 0.256 e. The fourth-order valence-electron chi connectivity index (χ4n) is 1.64. The Labute approximate surface area is 137 Å². The minimum absolute atomic E-state index is 0.357. The number of amides is 1. The van der Waals surface area contributed by atoms with E-state index < -0.39 is 5.82 Å².